The second kappa shape index (κ2) is 8.97. The van der Waals surface area contributed by atoms with Crippen molar-refractivity contribution in [2.45, 2.75) is 12.8 Å². The first kappa shape index (κ1) is 21.3. The van der Waals surface area contributed by atoms with E-state index in [9.17, 15) is 27.6 Å². The summed E-state index contributed by atoms with van der Waals surface area (Å²) in [5.74, 6) is -8.54. The summed E-state index contributed by atoms with van der Waals surface area (Å²) in [6.45, 7) is 0.854. The van der Waals surface area contributed by atoms with E-state index in [4.69, 9.17) is 9.47 Å². The molecule has 0 amide bonds. The molecule has 1 aromatic carbocycles. The molecule has 11 heteroatoms. The highest BCUT2D eigenvalue weighted by molar-refractivity contribution is 5.98. The van der Waals surface area contributed by atoms with Crippen LogP contribution in [0, 0.1) is 29.2 Å². The van der Waals surface area contributed by atoms with Gasteiger partial charge in [-0.2, -0.15) is 8.78 Å². The Balaban J connectivity index is 1.73. The monoisotopic (exact) mass is 427 g/mol. The zero-order valence-corrected chi connectivity index (χ0v) is 15.7. The maximum absolute atomic E-state index is 13.7. The number of hydrogen-bond acceptors (Lipinski definition) is 6. The SMILES string of the molecule is COC(=O)C1CCN(/C(=N\O)c2ccc(Oc3c(F)c(F)cc(F)c3F)nc2)CC1. The number of halogens is 4. The zero-order chi connectivity index (χ0) is 21.8. The van der Waals surface area contributed by atoms with Gasteiger partial charge in [0.1, 0.15) is 0 Å². The van der Waals surface area contributed by atoms with Gasteiger partial charge in [-0.05, 0) is 18.9 Å². The van der Waals surface area contributed by atoms with Crippen molar-refractivity contribution in [3.8, 4) is 11.6 Å². The van der Waals surface area contributed by atoms with Gasteiger partial charge >= 0.3 is 5.97 Å². The number of likely N-dealkylation sites (tertiary alicyclic amines) is 1. The van der Waals surface area contributed by atoms with E-state index in [0.717, 1.165) is 0 Å². The number of nitrogens with zero attached hydrogens (tertiary/aromatic N) is 3. The topological polar surface area (TPSA) is 84.2 Å². The van der Waals surface area contributed by atoms with Crippen molar-refractivity contribution in [3.05, 3.63) is 53.2 Å². The molecule has 1 saturated heterocycles. The maximum Gasteiger partial charge on any atom is 0.308 e. The smallest absolute Gasteiger partial charge is 0.308 e. The van der Waals surface area contributed by atoms with Gasteiger partial charge in [-0.25, -0.2) is 13.8 Å². The van der Waals surface area contributed by atoms with Crippen LogP contribution in [-0.2, 0) is 9.53 Å². The van der Waals surface area contributed by atoms with Gasteiger partial charge in [0.05, 0.1) is 13.0 Å². The zero-order valence-electron chi connectivity index (χ0n) is 15.7. The number of hydrogen-bond donors (Lipinski definition) is 1. The lowest BCUT2D eigenvalue weighted by Crippen LogP contribution is -2.41. The van der Waals surface area contributed by atoms with Gasteiger partial charge in [0.25, 0.3) is 0 Å². The predicted molar refractivity (Wildman–Crippen MR) is 95.2 cm³/mol. The molecule has 0 atom stereocenters. The molecular formula is C19H17F4N3O4. The average Bonchev–Trinajstić information content (AvgIpc) is 2.77. The molecule has 0 bridgehead atoms. The maximum atomic E-state index is 13.7. The van der Waals surface area contributed by atoms with E-state index < -0.39 is 29.0 Å². The summed E-state index contributed by atoms with van der Waals surface area (Å²) < 4.78 is 63.6. The van der Waals surface area contributed by atoms with Crippen LogP contribution in [0.4, 0.5) is 17.6 Å². The Labute approximate surface area is 168 Å². The molecule has 160 valence electrons. The summed E-state index contributed by atoms with van der Waals surface area (Å²) in [4.78, 5) is 17.2. The Bertz CT molecular complexity index is 935. The largest absolute Gasteiger partial charge is 0.469 e. The molecule has 2 heterocycles. The van der Waals surface area contributed by atoms with Crippen molar-refractivity contribution in [3.63, 3.8) is 0 Å². The third-order valence-corrected chi connectivity index (χ3v) is 4.70. The van der Waals surface area contributed by atoms with Crippen molar-refractivity contribution in [1.29, 1.82) is 0 Å². The fraction of sp³-hybridized carbons (Fsp3) is 0.316. The molecule has 1 aromatic heterocycles. The summed E-state index contributed by atoms with van der Waals surface area (Å²) in [5, 5.41) is 12.7. The fourth-order valence-electron chi connectivity index (χ4n) is 3.12. The van der Waals surface area contributed by atoms with E-state index in [-0.39, 0.29) is 29.7 Å². The minimum Gasteiger partial charge on any atom is -0.469 e. The first-order valence-corrected chi connectivity index (χ1v) is 8.87. The van der Waals surface area contributed by atoms with Crippen LogP contribution in [0.15, 0.2) is 29.6 Å². The number of carbonyl (C=O) groups is 1. The van der Waals surface area contributed by atoms with E-state index in [2.05, 4.69) is 10.1 Å². The second-order valence-electron chi connectivity index (χ2n) is 6.49. The molecule has 0 spiro atoms. The van der Waals surface area contributed by atoms with Crippen molar-refractivity contribution in [1.82, 2.24) is 9.88 Å². The number of ether oxygens (including phenoxy) is 2. The Morgan fingerprint density at radius 3 is 2.30 bits per heavy atom. The molecule has 1 aliphatic rings. The molecule has 1 aliphatic heterocycles. The van der Waals surface area contributed by atoms with Gasteiger partial charge < -0.3 is 19.6 Å². The van der Waals surface area contributed by atoms with Gasteiger partial charge in [-0.1, -0.05) is 5.16 Å². The van der Waals surface area contributed by atoms with Crippen LogP contribution >= 0.6 is 0 Å². The lowest BCUT2D eigenvalue weighted by molar-refractivity contribution is -0.146. The highest BCUT2D eigenvalue weighted by atomic mass is 19.2. The molecular weight excluding hydrogens is 410 g/mol. The minimum absolute atomic E-state index is 0.0709. The highest BCUT2D eigenvalue weighted by Crippen LogP contribution is 2.30. The minimum atomic E-state index is -1.69. The summed E-state index contributed by atoms with van der Waals surface area (Å²) in [6, 6.07) is 2.67. The van der Waals surface area contributed by atoms with Crippen molar-refractivity contribution < 1.29 is 37.0 Å². The highest BCUT2D eigenvalue weighted by Gasteiger charge is 2.28. The number of pyridine rings is 1. The number of rotatable bonds is 4. The van der Waals surface area contributed by atoms with E-state index in [1.54, 1.807) is 4.90 Å². The van der Waals surface area contributed by atoms with Crippen LogP contribution < -0.4 is 4.74 Å². The van der Waals surface area contributed by atoms with Crippen LogP contribution in [0.3, 0.4) is 0 Å². The molecule has 1 N–H and O–H groups in total. The van der Waals surface area contributed by atoms with E-state index in [1.165, 1.54) is 25.4 Å². The Morgan fingerprint density at radius 2 is 1.80 bits per heavy atom. The summed E-state index contributed by atoms with van der Waals surface area (Å²) in [7, 11) is 1.32. The van der Waals surface area contributed by atoms with E-state index >= 15 is 0 Å². The van der Waals surface area contributed by atoms with Gasteiger partial charge in [-0.3, -0.25) is 4.79 Å². The lowest BCUT2D eigenvalue weighted by Gasteiger charge is -2.32. The van der Waals surface area contributed by atoms with E-state index in [0.29, 0.717) is 31.5 Å². The van der Waals surface area contributed by atoms with Crippen LogP contribution in [-0.4, -0.2) is 47.1 Å². The molecule has 1 fully saturated rings. The van der Waals surface area contributed by atoms with Crippen molar-refractivity contribution >= 4 is 11.8 Å². The number of oxime groups is 1. The molecule has 3 rings (SSSR count). The summed E-state index contributed by atoms with van der Waals surface area (Å²) in [6.07, 6.45) is 2.22. The number of piperidine rings is 1. The normalized spacial score (nSPS) is 15.2. The third-order valence-electron chi connectivity index (χ3n) is 4.70. The number of esters is 1. The lowest BCUT2D eigenvalue weighted by atomic mass is 9.96. The molecule has 0 saturated carbocycles. The Morgan fingerprint density at radius 1 is 1.17 bits per heavy atom. The fourth-order valence-corrected chi connectivity index (χ4v) is 3.12. The van der Waals surface area contributed by atoms with E-state index in [1.807, 2.05) is 0 Å². The number of methoxy groups -OCH3 is 1. The molecule has 0 aliphatic carbocycles. The Hall–Kier alpha value is -3.37. The molecule has 7 nitrogen and oxygen atoms in total. The van der Waals surface area contributed by atoms with Crippen LogP contribution in [0.25, 0.3) is 0 Å². The second-order valence-corrected chi connectivity index (χ2v) is 6.49. The number of amidine groups is 1. The quantitative estimate of drug-likeness (QED) is 0.153. The van der Waals surface area contributed by atoms with Gasteiger partial charge in [0.15, 0.2) is 17.5 Å². The first-order valence-electron chi connectivity index (χ1n) is 8.87. The third kappa shape index (κ3) is 4.29. The summed E-state index contributed by atoms with van der Waals surface area (Å²) >= 11 is 0. The number of benzene rings is 1. The van der Waals surface area contributed by atoms with Crippen molar-refractivity contribution in [2.75, 3.05) is 20.2 Å². The molecule has 0 unspecified atom stereocenters. The van der Waals surface area contributed by atoms with Crippen LogP contribution in [0.2, 0.25) is 0 Å². The molecule has 30 heavy (non-hydrogen) atoms. The van der Waals surface area contributed by atoms with Gasteiger partial charge in [0, 0.05) is 37.0 Å². The van der Waals surface area contributed by atoms with Crippen LogP contribution in [0.1, 0.15) is 18.4 Å². The molecule has 0 radical (unpaired) electrons. The predicted octanol–water partition coefficient (Wildman–Crippen LogP) is 3.45. The number of carbonyl (C=O) groups excluding carboxylic acids is 1. The Kier molecular flexibility index (Phi) is 6.38. The molecule has 2 aromatic rings. The van der Waals surface area contributed by atoms with Gasteiger partial charge in [0.2, 0.25) is 23.3 Å². The summed E-state index contributed by atoms with van der Waals surface area (Å²) in [5.41, 5.74) is 0.354. The van der Waals surface area contributed by atoms with Gasteiger partial charge in [-0.15, -0.1) is 0 Å². The first-order chi connectivity index (χ1) is 14.3. The van der Waals surface area contributed by atoms with Crippen molar-refractivity contribution in [2.24, 2.45) is 11.1 Å². The number of aromatic nitrogens is 1. The standard InChI is InChI=1S/C19H17F4N3O4/c1-29-19(27)10-4-6-26(7-5-10)18(25-28)11-2-3-14(24-9-11)30-17-15(22)12(20)8-13(21)16(17)23/h2-3,8-10,28H,4-7H2,1H3/b25-18-. The van der Waals surface area contributed by atoms with Crippen LogP contribution in [0.5, 0.6) is 11.6 Å². The average molecular weight is 427 g/mol.